The minimum absolute atomic E-state index is 0.171. The van der Waals surface area contributed by atoms with Gasteiger partial charge in [0.05, 0.1) is 6.04 Å². The summed E-state index contributed by atoms with van der Waals surface area (Å²) in [7, 11) is 0. The average molecular weight is 210 g/mol. The maximum atomic E-state index is 11.9. The van der Waals surface area contributed by atoms with Gasteiger partial charge in [0.2, 0.25) is 0 Å². The Labute approximate surface area is 89.7 Å². The third-order valence-electron chi connectivity index (χ3n) is 3.81. The lowest BCUT2D eigenvalue weighted by molar-refractivity contribution is 0.0219. The van der Waals surface area contributed by atoms with Crippen LogP contribution in [0.4, 0.5) is 4.79 Å². The molecular weight excluding hydrogens is 192 g/mol. The van der Waals surface area contributed by atoms with Crippen molar-refractivity contribution in [2.45, 2.75) is 38.5 Å². The van der Waals surface area contributed by atoms with Gasteiger partial charge < -0.3 is 15.4 Å². The first kappa shape index (κ1) is 9.46. The number of hydrogen-bond donors (Lipinski definition) is 1. The highest BCUT2D eigenvalue weighted by molar-refractivity contribution is 5.72. The Morgan fingerprint density at radius 1 is 1.33 bits per heavy atom. The third-order valence-corrected chi connectivity index (χ3v) is 3.81. The molecule has 2 N–H and O–H groups in total. The van der Waals surface area contributed by atoms with Gasteiger partial charge in [-0.15, -0.1) is 0 Å². The third kappa shape index (κ3) is 1.14. The fourth-order valence-electron chi connectivity index (χ4n) is 3.17. The molecule has 4 aliphatic rings. The molecular formula is C11H18N2O2. The van der Waals surface area contributed by atoms with Gasteiger partial charge in [0.25, 0.3) is 0 Å². The molecule has 2 heterocycles. The first-order chi connectivity index (χ1) is 6.95. The van der Waals surface area contributed by atoms with E-state index in [-0.39, 0.29) is 12.1 Å². The molecule has 4 heteroatoms. The van der Waals surface area contributed by atoms with Crippen LogP contribution in [0, 0.1) is 17.8 Å². The molecule has 2 aliphatic carbocycles. The molecule has 84 valence electrons. The van der Waals surface area contributed by atoms with Crippen LogP contribution in [0.15, 0.2) is 0 Å². The van der Waals surface area contributed by atoms with Crippen molar-refractivity contribution in [1.29, 1.82) is 0 Å². The van der Waals surface area contributed by atoms with E-state index in [1.165, 1.54) is 0 Å². The first-order valence-corrected chi connectivity index (χ1v) is 5.67. The van der Waals surface area contributed by atoms with E-state index in [0.717, 1.165) is 11.8 Å². The van der Waals surface area contributed by atoms with Gasteiger partial charge in [-0.1, -0.05) is 0 Å². The van der Waals surface area contributed by atoms with Gasteiger partial charge in [-0.3, -0.25) is 0 Å². The number of rotatable bonds is 1. The molecule has 2 saturated heterocycles. The first-order valence-electron chi connectivity index (χ1n) is 5.67. The van der Waals surface area contributed by atoms with E-state index in [2.05, 4.69) is 0 Å². The number of piperidine rings is 1. The van der Waals surface area contributed by atoms with Crippen molar-refractivity contribution in [3.05, 3.63) is 0 Å². The largest absolute Gasteiger partial charge is 0.444 e. The summed E-state index contributed by atoms with van der Waals surface area (Å²) in [5.74, 6) is 2.24. The quantitative estimate of drug-likeness (QED) is 0.696. The van der Waals surface area contributed by atoms with Crippen molar-refractivity contribution < 1.29 is 9.53 Å². The molecule has 0 aromatic heterocycles. The Balaban J connectivity index is 1.70. The number of nitrogens with zero attached hydrogens (tertiary/aromatic N) is 1. The summed E-state index contributed by atoms with van der Waals surface area (Å²) >= 11 is 0. The van der Waals surface area contributed by atoms with E-state index in [9.17, 15) is 4.79 Å². The lowest BCUT2D eigenvalue weighted by Crippen LogP contribution is -2.43. The Hall–Kier alpha value is -0.770. The van der Waals surface area contributed by atoms with Gasteiger partial charge in [-0.25, -0.2) is 4.79 Å². The second-order valence-corrected chi connectivity index (χ2v) is 5.91. The molecule has 2 saturated carbocycles. The maximum Gasteiger partial charge on any atom is 0.410 e. The number of amides is 1. The molecule has 4 fully saturated rings. The van der Waals surface area contributed by atoms with Crippen LogP contribution in [0.25, 0.3) is 0 Å². The van der Waals surface area contributed by atoms with Crippen LogP contribution >= 0.6 is 0 Å². The standard InChI is InChI=1S/C11H18N2O2/c1-11(2,3)15-10(14)13-5(4-12)6-7-8(6)9(7)13/h5-9H,4,12H2,1-3H3/t5-,6?,7-,8?,9?/m0/s1. The molecule has 4 rings (SSSR count). The zero-order valence-corrected chi connectivity index (χ0v) is 9.43. The van der Waals surface area contributed by atoms with Crippen LogP contribution in [0.5, 0.6) is 0 Å². The number of hydrogen-bond acceptors (Lipinski definition) is 3. The molecule has 0 aromatic rings. The summed E-state index contributed by atoms with van der Waals surface area (Å²) in [6.45, 7) is 6.27. The predicted octanol–water partition coefficient (Wildman–Crippen LogP) is 0.809. The van der Waals surface area contributed by atoms with Crippen molar-refractivity contribution in [2.24, 2.45) is 23.5 Å². The smallest absolute Gasteiger partial charge is 0.410 e. The van der Waals surface area contributed by atoms with Crippen LogP contribution in [-0.2, 0) is 4.74 Å². The zero-order chi connectivity index (χ0) is 11.0. The SMILES string of the molecule is CC(C)(C)OC(=O)N1C2C3C([C@@H]32)[C@@H]1CN. The van der Waals surface area contributed by atoms with Gasteiger partial charge in [-0.2, -0.15) is 0 Å². The minimum Gasteiger partial charge on any atom is -0.444 e. The Bertz CT molecular complexity index is 313. The molecule has 0 spiro atoms. The van der Waals surface area contributed by atoms with Crippen molar-refractivity contribution in [3.8, 4) is 0 Å². The van der Waals surface area contributed by atoms with Gasteiger partial charge in [0.1, 0.15) is 5.60 Å². The molecule has 0 radical (unpaired) electrons. The van der Waals surface area contributed by atoms with E-state index in [4.69, 9.17) is 10.5 Å². The molecule has 15 heavy (non-hydrogen) atoms. The Morgan fingerprint density at radius 3 is 2.40 bits per heavy atom. The van der Waals surface area contributed by atoms with Gasteiger partial charge in [0, 0.05) is 12.6 Å². The normalized spacial score (nSPS) is 45.1. The summed E-state index contributed by atoms with van der Waals surface area (Å²) < 4.78 is 5.40. The molecule has 1 amide bonds. The summed E-state index contributed by atoms with van der Waals surface area (Å²) in [6, 6.07) is 0.721. The number of carbonyl (C=O) groups excluding carboxylic acids is 1. The Kier molecular flexibility index (Phi) is 1.57. The number of fused-ring (bicyclic) bond motifs is 1. The predicted molar refractivity (Wildman–Crippen MR) is 55.2 cm³/mol. The molecule has 4 nitrogen and oxygen atoms in total. The lowest BCUT2D eigenvalue weighted by atomic mass is 10.1. The van der Waals surface area contributed by atoms with E-state index in [1.54, 1.807) is 0 Å². The summed E-state index contributed by atoms with van der Waals surface area (Å²) in [5, 5.41) is 0. The lowest BCUT2D eigenvalue weighted by Gasteiger charge is -2.27. The maximum absolute atomic E-state index is 11.9. The zero-order valence-electron chi connectivity index (χ0n) is 9.43. The van der Waals surface area contributed by atoms with Gasteiger partial charge >= 0.3 is 6.09 Å². The highest BCUT2D eigenvalue weighted by Gasteiger charge is 2.85. The number of ether oxygens (including phenoxy) is 1. The highest BCUT2D eigenvalue weighted by Crippen LogP contribution is 2.77. The van der Waals surface area contributed by atoms with Crippen LogP contribution in [0.3, 0.4) is 0 Å². The van der Waals surface area contributed by atoms with Crippen LogP contribution in [0.1, 0.15) is 20.8 Å². The van der Waals surface area contributed by atoms with E-state index >= 15 is 0 Å². The molecule has 2 bridgehead atoms. The van der Waals surface area contributed by atoms with Crippen molar-refractivity contribution in [1.82, 2.24) is 4.90 Å². The number of carbonyl (C=O) groups is 1. The van der Waals surface area contributed by atoms with Gasteiger partial charge in [0.15, 0.2) is 0 Å². The fourth-order valence-corrected chi connectivity index (χ4v) is 3.17. The van der Waals surface area contributed by atoms with Crippen molar-refractivity contribution >= 4 is 6.09 Å². The van der Waals surface area contributed by atoms with Crippen molar-refractivity contribution in [2.75, 3.05) is 6.54 Å². The Morgan fingerprint density at radius 2 is 1.93 bits per heavy atom. The fraction of sp³-hybridized carbons (Fsp3) is 0.909. The topological polar surface area (TPSA) is 55.6 Å². The summed E-state index contributed by atoms with van der Waals surface area (Å²) in [5.41, 5.74) is 5.30. The average Bonchev–Trinajstić information content (AvgIpc) is 2.90. The van der Waals surface area contributed by atoms with Gasteiger partial charge in [-0.05, 0) is 38.5 Å². The summed E-state index contributed by atoms with van der Waals surface area (Å²) in [6.07, 6.45) is -0.171. The van der Waals surface area contributed by atoms with Crippen LogP contribution in [0.2, 0.25) is 0 Å². The highest BCUT2D eigenvalue weighted by atomic mass is 16.6. The van der Waals surface area contributed by atoms with E-state index in [1.807, 2.05) is 25.7 Å². The molecule has 5 atom stereocenters. The molecule has 0 aromatic carbocycles. The van der Waals surface area contributed by atoms with Crippen LogP contribution < -0.4 is 5.73 Å². The molecule has 3 unspecified atom stereocenters. The minimum atomic E-state index is -0.404. The monoisotopic (exact) mass is 210 g/mol. The molecule has 2 aliphatic heterocycles. The number of nitrogens with two attached hydrogens (primary N) is 1. The van der Waals surface area contributed by atoms with Crippen molar-refractivity contribution in [3.63, 3.8) is 0 Å². The summed E-state index contributed by atoms with van der Waals surface area (Å²) in [4.78, 5) is 13.8. The second-order valence-electron chi connectivity index (χ2n) is 5.91. The second kappa shape index (κ2) is 2.48. The van der Waals surface area contributed by atoms with E-state index < -0.39 is 5.60 Å². The van der Waals surface area contributed by atoms with E-state index in [0.29, 0.717) is 18.5 Å². The van der Waals surface area contributed by atoms with Crippen LogP contribution in [-0.4, -0.2) is 35.2 Å².